The molecule has 0 bridgehead atoms. The van der Waals surface area contributed by atoms with E-state index >= 15 is 0 Å². The van der Waals surface area contributed by atoms with Gasteiger partial charge in [0.1, 0.15) is 0 Å². The van der Waals surface area contributed by atoms with Gasteiger partial charge in [-0.1, -0.05) is 48.0 Å². The van der Waals surface area contributed by atoms with E-state index in [0.717, 1.165) is 21.2 Å². The van der Waals surface area contributed by atoms with E-state index in [1.54, 1.807) is 24.3 Å². The second-order valence-electron chi connectivity index (χ2n) is 6.12. The average molecular weight is 425 g/mol. The summed E-state index contributed by atoms with van der Waals surface area (Å²) in [6.07, 6.45) is 0.311. The summed E-state index contributed by atoms with van der Waals surface area (Å²) in [5.74, 6) is -0.844. The lowest BCUT2D eigenvalue weighted by Crippen LogP contribution is -2.21. The number of benzene rings is 3. The van der Waals surface area contributed by atoms with Crippen LogP contribution in [0.1, 0.15) is 5.56 Å². The first-order valence-electron chi connectivity index (χ1n) is 8.78. The molecule has 3 aromatic rings. The Morgan fingerprint density at radius 2 is 1.79 bits per heavy atom. The second-order valence-corrected chi connectivity index (χ2v) is 7.55. The zero-order chi connectivity index (χ0) is 20.6. The van der Waals surface area contributed by atoms with Gasteiger partial charge >= 0.3 is 5.97 Å². The lowest BCUT2D eigenvalue weighted by Gasteiger charge is -2.09. The number of anilines is 1. The Kier molecular flexibility index (Phi) is 7.12. The van der Waals surface area contributed by atoms with Gasteiger partial charge in [0.2, 0.25) is 0 Å². The number of amides is 1. The summed E-state index contributed by atoms with van der Waals surface area (Å²) >= 11 is 7.60. The number of rotatable bonds is 7. The van der Waals surface area contributed by atoms with E-state index in [0.29, 0.717) is 17.1 Å². The normalized spacial score (nSPS) is 10.3. The second kappa shape index (κ2) is 9.97. The lowest BCUT2D eigenvalue weighted by molar-refractivity contribution is -0.144. The number of hydrogen-bond donors (Lipinski definition) is 1. The van der Waals surface area contributed by atoms with Gasteiger partial charge in [0, 0.05) is 21.0 Å². The fraction of sp³-hybridized carbons (Fsp3) is 0.136. The van der Waals surface area contributed by atoms with Crippen LogP contribution in [0.5, 0.6) is 0 Å². The maximum Gasteiger partial charge on any atom is 0.316 e. The molecule has 0 fully saturated rings. The molecular weight excluding hydrogens is 408 g/mol. The van der Waals surface area contributed by atoms with E-state index in [2.05, 4.69) is 11.4 Å². The van der Waals surface area contributed by atoms with Crippen molar-refractivity contribution in [3.05, 3.63) is 71.2 Å². The number of nitrogens with zero attached hydrogens (tertiary/aromatic N) is 1. The Labute approximate surface area is 177 Å². The van der Waals surface area contributed by atoms with Crippen LogP contribution in [0.15, 0.2) is 65.6 Å². The van der Waals surface area contributed by atoms with Crippen molar-refractivity contribution in [2.75, 3.05) is 17.7 Å². The molecule has 0 aliphatic carbocycles. The summed E-state index contributed by atoms with van der Waals surface area (Å²) in [5.41, 5.74) is 1.44. The topological polar surface area (TPSA) is 79.2 Å². The molecule has 0 radical (unpaired) electrons. The van der Waals surface area contributed by atoms with Crippen LogP contribution in [0.4, 0.5) is 5.69 Å². The molecule has 0 spiro atoms. The molecule has 0 saturated carbocycles. The summed E-state index contributed by atoms with van der Waals surface area (Å²) in [7, 11) is 0. The van der Waals surface area contributed by atoms with Crippen molar-refractivity contribution in [3.63, 3.8) is 0 Å². The van der Waals surface area contributed by atoms with Crippen LogP contribution in [0.25, 0.3) is 10.8 Å². The highest BCUT2D eigenvalue weighted by atomic mass is 35.5. The Morgan fingerprint density at radius 1 is 1.07 bits per heavy atom. The molecule has 7 heteroatoms. The largest absolute Gasteiger partial charge is 0.455 e. The molecule has 3 aromatic carbocycles. The predicted octanol–water partition coefficient (Wildman–Crippen LogP) is 4.83. The van der Waals surface area contributed by atoms with Crippen molar-refractivity contribution in [2.45, 2.75) is 11.3 Å². The molecule has 0 aliphatic heterocycles. The minimum atomic E-state index is -0.487. The van der Waals surface area contributed by atoms with E-state index in [4.69, 9.17) is 21.6 Å². The van der Waals surface area contributed by atoms with Crippen molar-refractivity contribution in [1.29, 1.82) is 5.26 Å². The molecule has 1 N–H and O–H groups in total. The zero-order valence-corrected chi connectivity index (χ0v) is 16.9. The van der Waals surface area contributed by atoms with Gasteiger partial charge in [0.05, 0.1) is 18.2 Å². The third kappa shape index (κ3) is 5.74. The summed E-state index contributed by atoms with van der Waals surface area (Å²) < 4.78 is 5.05. The van der Waals surface area contributed by atoms with E-state index in [1.807, 2.05) is 36.4 Å². The van der Waals surface area contributed by atoms with Gasteiger partial charge < -0.3 is 10.1 Å². The fourth-order valence-electron chi connectivity index (χ4n) is 2.70. The first kappa shape index (κ1) is 20.7. The number of carbonyl (C=O) groups is 2. The Bertz CT molecular complexity index is 1070. The van der Waals surface area contributed by atoms with Crippen molar-refractivity contribution in [2.24, 2.45) is 0 Å². The van der Waals surface area contributed by atoms with Crippen LogP contribution in [0.3, 0.4) is 0 Å². The van der Waals surface area contributed by atoms with Crippen molar-refractivity contribution < 1.29 is 14.3 Å². The van der Waals surface area contributed by atoms with E-state index in [1.165, 1.54) is 11.8 Å². The maximum atomic E-state index is 12.0. The SMILES string of the molecule is N#CCc1ccc(NC(=O)COC(=O)CSc2cccc3cccc(Cl)c23)cc1. The van der Waals surface area contributed by atoms with Gasteiger partial charge in [-0.15, -0.1) is 11.8 Å². The molecule has 0 aliphatic rings. The van der Waals surface area contributed by atoms with Gasteiger partial charge in [-0.05, 0) is 35.2 Å². The third-order valence-corrected chi connectivity index (χ3v) is 5.39. The maximum absolute atomic E-state index is 12.0. The first-order valence-corrected chi connectivity index (χ1v) is 10.1. The van der Waals surface area contributed by atoms with Gasteiger partial charge in [-0.25, -0.2) is 0 Å². The van der Waals surface area contributed by atoms with Crippen LogP contribution in [-0.4, -0.2) is 24.2 Å². The summed E-state index contributed by atoms with van der Waals surface area (Å²) in [6, 6.07) is 20.4. The minimum absolute atomic E-state index is 0.0699. The van der Waals surface area contributed by atoms with Crippen molar-refractivity contribution in [3.8, 4) is 6.07 Å². The van der Waals surface area contributed by atoms with E-state index in [9.17, 15) is 9.59 Å². The number of nitrogens with one attached hydrogen (secondary N) is 1. The van der Waals surface area contributed by atoms with Crippen LogP contribution in [0.2, 0.25) is 5.02 Å². The van der Waals surface area contributed by atoms with E-state index in [-0.39, 0.29) is 12.4 Å². The zero-order valence-electron chi connectivity index (χ0n) is 15.4. The van der Waals surface area contributed by atoms with E-state index < -0.39 is 11.9 Å². The number of thioether (sulfide) groups is 1. The average Bonchev–Trinajstić information content (AvgIpc) is 2.72. The smallest absolute Gasteiger partial charge is 0.316 e. The van der Waals surface area contributed by atoms with Crippen LogP contribution in [0, 0.1) is 11.3 Å². The molecule has 0 aromatic heterocycles. The number of hydrogen-bond acceptors (Lipinski definition) is 5. The Balaban J connectivity index is 1.49. The molecule has 146 valence electrons. The lowest BCUT2D eigenvalue weighted by atomic mass is 10.1. The highest BCUT2D eigenvalue weighted by Gasteiger charge is 2.11. The molecule has 5 nitrogen and oxygen atoms in total. The van der Waals surface area contributed by atoms with Crippen molar-refractivity contribution in [1.82, 2.24) is 0 Å². The number of carbonyl (C=O) groups excluding carboxylic acids is 2. The molecule has 29 heavy (non-hydrogen) atoms. The predicted molar refractivity (Wildman–Crippen MR) is 115 cm³/mol. The summed E-state index contributed by atoms with van der Waals surface area (Å²) in [4.78, 5) is 24.9. The van der Waals surface area contributed by atoms with Crippen LogP contribution >= 0.6 is 23.4 Å². The first-order chi connectivity index (χ1) is 14.1. The standard InChI is InChI=1S/C22H17ClN2O3S/c23-18-5-1-3-16-4-2-6-19(22(16)18)29-14-21(27)28-13-20(26)25-17-9-7-15(8-10-17)11-12-24/h1-10H,11,13-14H2,(H,25,26). The molecule has 1 amide bonds. The van der Waals surface area contributed by atoms with Gasteiger partial charge in [-0.2, -0.15) is 5.26 Å². The summed E-state index contributed by atoms with van der Waals surface area (Å²) in [6.45, 7) is -0.365. The van der Waals surface area contributed by atoms with Gasteiger partial charge in [0.25, 0.3) is 5.91 Å². The number of nitriles is 1. The Hall–Kier alpha value is -3.01. The molecule has 3 rings (SSSR count). The van der Waals surface area contributed by atoms with Crippen molar-refractivity contribution >= 4 is 51.7 Å². The van der Waals surface area contributed by atoms with Gasteiger partial charge in [0.15, 0.2) is 6.61 Å². The molecule has 0 atom stereocenters. The fourth-order valence-corrected chi connectivity index (χ4v) is 3.94. The molecule has 0 saturated heterocycles. The van der Waals surface area contributed by atoms with Gasteiger partial charge in [-0.3, -0.25) is 9.59 Å². The number of ether oxygens (including phenoxy) is 1. The number of fused-ring (bicyclic) bond motifs is 1. The highest BCUT2D eigenvalue weighted by molar-refractivity contribution is 8.00. The Morgan fingerprint density at radius 3 is 2.52 bits per heavy atom. The minimum Gasteiger partial charge on any atom is -0.455 e. The summed E-state index contributed by atoms with van der Waals surface area (Å²) in [5, 5.41) is 13.8. The highest BCUT2D eigenvalue weighted by Crippen LogP contribution is 2.33. The molecule has 0 heterocycles. The quantitative estimate of drug-likeness (QED) is 0.434. The number of esters is 1. The number of halogens is 1. The monoisotopic (exact) mass is 424 g/mol. The molecular formula is C22H17ClN2O3S. The van der Waals surface area contributed by atoms with Crippen LogP contribution < -0.4 is 5.32 Å². The van der Waals surface area contributed by atoms with Crippen LogP contribution in [-0.2, 0) is 20.7 Å². The molecule has 0 unspecified atom stereocenters. The third-order valence-electron chi connectivity index (χ3n) is 4.05.